The van der Waals surface area contributed by atoms with Gasteiger partial charge >= 0.3 is 0 Å². The first-order chi connectivity index (χ1) is 14.7. The predicted octanol–water partition coefficient (Wildman–Crippen LogP) is 4.26. The number of hydrogen-bond acceptors (Lipinski definition) is 6. The first-order valence-corrected chi connectivity index (χ1v) is 9.60. The molecule has 0 aliphatic carbocycles. The van der Waals surface area contributed by atoms with Crippen LogP contribution in [-0.2, 0) is 6.42 Å². The van der Waals surface area contributed by atoms with Gasteiger partial charge < -0.3 is 14.5 Å². The van der Waals surface area contributed by atoms with Crippen molar-refractivity contribution in [3.05, 3.63) is 90.1 Å². The fraction of sp³-hybridized carbons (Fsp3) is 0.130. The molecule has 30 heavy (non-hydrogen) atoms. The Morgan fingerprint density at radius 3 is 2.57 bits per heavy atom. The molecule has 1 amide bonds. The van der Waals surface area contributed by atoms with Gasteiger partial charge in [0, 0.05) is 24.4 Å². The van der Waals surface area contributed by atoms with Crippen LogP contribution in [0, 0.1) is 0 Å². The van der Waals surface area contributed by atoms with Crippen LogP contribution in [0.4, 0.5) is 0 Å². The van der Waals surface area contributed by atoms with Gasteiger partial charge in [-0.3, -0.25) is 9.78 Å². The molecule has 4 rings (SSSR count). The largest absolute Gasteiger partial charge is 0.457 e. The van der Waals surface area contributed by atoms with E-state index in [-0.39, 0.29) is 5.91 Å². The molecule has 150 valence electrons. The van der Waals surface area contributed by atoms with Gasteiger partial charge in [-0.1, -0.05) is 30.3 Å². The van der Waals surface area contributed by atoms with Gasteiger partial charge in [0.05, 0.1) is 6.42 Å². The highest BCUT2D eigenvalue weighted by atomic mass is 16.5. The third kappa shape index (κ3) is 4.70. The predicted molar refractivity (Wildman–Crippen MR) is 111 cm³/mol. The maximum Gasteiger partial charge on any atom is 0.270 e. The van der Waals surface area contributed by atoms with Crippen LogP contribution in [-0.4, -0.2) is 27.6 Å². The van der Waals surface area contributed by atoms with E-state index in [0.29, 0.717) is 41.9 Å². The Labute approximate surface area is 173 Å². The van der Waals surface area contributed by atoms with Crippen molar-refractivity contribution in [2.75, 3.05) is 6.54 Å². The SMILES string of the molecule is CCNC(=O)c1cc(Oc2ccc(Cc3nnc(-c4ccccc4)o3)cc2)ccn1. The number of benzene rings is 2. The lowest BCUT2D eigenvalue weighted by molar-refractivity contribution is 0.0950. The smallest absolute Gasteiger partial charge is 0.270 e. The number of nitrogens with zero attached hydrogens (tertiary/aromatic N) is 3. The van der Waals surface area contributed by atoms with Crippen molar-refractivity contribution in [3.8, 4) is 23.0 Å². The lowest BCUT2D eigenvalue weighted by Gasteiger charge is -2.08. The van der Waals surface area contributed by atoms with Gasteiger partial charge in [-0.2, -0.15) is 0 Å². The minimum absolute atomic E-state index is 0.229. The van der Waals surface area contributed by atoms with Gasteiger partial charge in [0.25, 0.3) is 5.91 Å². The van der Waals surface area contributed by atoms with E-state index in [2.05, 4.69) is 20.5 Å². The summed E-state index contributed by atoms with van der Waals surface area (Å²) in [4.78, 5) is 16.0. The molecule has 0 unspecified atom stereocenters. The van der Waals surface area contributed by atoms with Crippen molar-refractivity contribution in [1.29, 1.82) is 0 Å². The molecule has 0 radical (unpaired) electrons. The molecular weight excluding hydrogens is 380 g/mol. The normalized spacial score (nSPS) is 10.6. The Morgan fingerprint density at radius 1 is 1.00 bits per heavy atom. The second kappa shape index (κ2) is 9.00. The highest BCUT2D eigenvalue weighted by molar-refractivity contribution is 5.92. The maximum atomic E-state index is 11.9. The van der Waals surface area contributed by atoms with Crippen molar-refractivity contribution in [3.63, 3.8) is 0 Å². The van der Waals surface area contributed by atoms with E-state index in [9.17, 15) is 4.79 Å². The van der Waals surface area contributed by atoms with Gasteiger partial charge in [0.1, 0.15) is 17.2 Å². The molecule has 2 aromatic heterocycles. The van der Waals surface area contributed by atoms with Crippen molar-refractivity contribution in [1.82, 2.24) is 20.5 Å². The van der Waals surface area contributed by atoms with Crippen LogP contribution < -0.4 is 10.1 Å². The summed E-state index contributed by atoms with van der Waals surface area (Å²) in [6.07, 6.45) is 2.07. The van der Waals surface area contributed by atoms with Crippen molar-refractivity contribution in [2.45, 2.75) is 13.3 Å². The Bertz CT molecular complexity index is 1120. The summed E-state index contributed by atoms with van der Waals surface area (Å²) in [6.45, 7) is 2.40. The first kappa shape index (κ1) is 19.3. The van der Waals surface area contributed by atoms with Crippen molar-refractivity contribution >= 4 is 5.91 Å². The van der Waals surface area contributed by atoms with E-state index in [1.54, 1.807) is 18.3 Å². The standard InChI is InChI=1S/C23H20N4O3/c1-2-24-22(28)20-15-19(12-13-25-20)29-18-10-8-16(9-11-18)14-21-26-27-23(30-21)17-6-4-3-5-7-17/h3-13,15H,2,14H2,1H3,(H,24,28). The highest BCUT2D eigenvalue weighted by Gasteiger charge is 2.10. The average molecular weight is 400 g/mol. The average Bonchev–Trinajstić information content (AvgIpc) is 3.25. The van der Waals surface area contributed by atoms with Crippen LogP contribution in [0.2, 0.25) is 0 Å². The molecule has 0 atom stereocenters. The number of amides is 1. The van der Waals surface area contributed by atoms with Gasteiger partial charge in [-0.15, -0.1) is 10.2 Å². The summed E-state index contributed by atoms with van der Waals surface area (Å²) >= 11 is 0. The number of ether oxygens (including phenoxy) is 1. The fourth-order valence-electron chi connectivity index (χ4n) is 2.86. The number of rotatable bonds is 7. The molecule has 0 aliphatic rings. The van der Waals surface area contributed by atoms with Gasteiger partial charge in [-0.05, 0) is 42.8 Å². The molecule has 2 heterocycles. The Kier molecular flexibility index (Phi) is 5.80. The summed E-state index contributed by atoms with van der Waals surface area (Å²) in [5.74, 6) is 2.02. The molecule has 0 aliphatic heterocycles. The molecule has 0 saturated carbocycles. The van der Waals surface area contributed by atoms with E-state index in [1.165, 1.54) is 0 Å². The fourth-order valence-corrected chi connectivity index (χ4v) is 2.86. The maximum absolute atomic E-state index is 11.9. The first-order valence-electron chi connectivity index (χ1n) is 9.60. The molecule has 1 N–H and O–H groups in total. The monoisotopic (exact) mass is 400 g/mol. The van der Waals surface area contributed by atoms with Gasteiger partial charge in [0.15, 0.2) is 0 Å². The molecule has 7 nitrogen and oxygen atoms in total. The lowest BCUT2D eigenvalue weighted by atomic mass is 10.1. The summed E-state index contributed by atoms with van der Waals surface area (Å²) in [6, 6.07) is 20.6. The van der Waals surface area contributed by atoms with Gasteiger partial charge in [0.2, 0.25) is 11.8 Å². The van der Waals surface area contributed by atoms with E-state index in [4.69, 9.17) is 9.15 Å². The summed E-state index contributed by atoms with van der Waals surface area (Å²) < 4.78 is 11.6. The van der Waals surface area contributed by atoms with Crippen LogP contribution in [0.5, 0.6) is 11.5 Å². The molecule has 2 aromatic carbocycles. The third-order valence-corrected chi connectivity index (χ3v) is 4.30. The molecule has 0 bridgehead atoms. The number of carbonyl (C=O) groups is 1. The third-order valence-electron chi connectivity index (χ3n) is 4.30. The lowest BCUT2D eigenvalue weighted by Crippen LogP contribution is -2.23. The molecule has 0 spiro atoms. The zero-order valence-electron chi connectivity index (χ0n) is 16.4. The summed E-state index contributed by atoms with van der Waals surface area (Å²) in [5, 5.41) is 11.0. The zero-order valence-corrected chi connectivity index (χ0v) is 16.4. The topological polar surface area (TPSA) is 90.1 Å². The van der Waals surface area contributed by atoms with Crippen molar-refractivity contribution < 1.29 is 13.9 Å². The second-order valence-corrected chi connectivity index (χ2v) is 6.53. The van der Waals surface area contributed by atoms with Crippen LogP contribution in [0.3, 0.4) is 0 Å². The number of nitrogens with one attached hydrogen (secondary N) is 1. The quantitative estimate of drug-likeness (QED) is 0.498. The van der Waals surface area contributed by atoms with Crippen LogP contribution in [0.1, 0.15) is 28.9 Å². The number of aromatic nitrogens is 3. The Morgan fingerprint density at radius 2 is 1.80 bits per heavy atom. The molecule has 7 heteroatoms. The summed E-state index contributed by atoms with van der Waals surface area (Å²) in [7, 11) is 0. The van der Waals surface area contributed by atoms with E-state index < -0.39 is 0 Å². The number of carbonyl (C=O) groups excluding carboxylic acids is 1. The van der Waals surface area contributed by atoms with Crippen molar-refractivity contribution in [2.24, 2.45) is 0 Å². The van der Waals surface area contributed by atoms with Crippen LogP contribution in [0.15, 0.2) is 77.3 Å². The summed E-state index contributed by atoms with van der Waals surface area (Å²) in [5.41, 5.74) is 2.23. The number of hydrogen-bond donors (Lipinski definition) is 1. The Balaban J connectivity index is 1.41. The molecule has 0 fully saturated rings. The minimum atomic E-state index is -0.229. The molecular formula is C23H20N4O3. The van der Waals surface area contributed by atoms with E-state index >= 15 is 0 Å². The zero-order chi connectivity index (χ0) is 20.8. The highest BCUT2D eigenvalue weighted by Crippen LogP contribution is 2.23. The van der Waals surface area contributed by atoms with Gasteiger partial charge in [-0.25, -0.2) is 0 Å². The van der Waals surface area contributed by atoms with E-state index in [1.807, 2.05) is 61.5 Å². The van der Waals surface area contributed by atoms with Crippen LogP contribution >= 0.6 is 0 Å². The number of pyridine rings is 1. The van der Waals surface area contributed by atoms with E-state index in [0.717, 1.165) is 11.1 Å². The minimum Gasteiger partial charge on any atom is -0.457 e. The Hall–Kier alpha value is -4.00. The second-order valence-electron chi connectivity index (χ2n) is 6.53. The van der Waals surface area contributed by atoms with Crippen LogP contribution in [0.25, 0.3) is 11.5 Å². The molecule has 0 saturated heterocycles. The molecule has 4 aromatic rings.